The van der Waals surface area contributed by atoms with Crippen molar-refractivity contribution in [1.82, 2.24) is 4.90 Å². The van der Waals surface area contributed by atoms with Gasteiger partial charge in [0.2, 0.25) is 0 Å². The summed E-state index contributed by atoms with van der Waals surface area (Å²) in [4.78, 5) is 25.1. The normalized spacial score (nSPS) is 15.5. The summed E-state index contributed by atoms with van der Waals surface area (Å²) in [6.07, 6.45) is 1.01. The van der Waals surface area contributed by atoms with E-state index in [1.165, 1.54) is 7.11 Å². The molecular weight excluding hydrogens is 338 g/mol. The second-order valence-corrected chi connectivity index (χ2v) is 7.41. The highest BCUT2D eigenvalue weighted by atomic mass is 16.6. The highest BCUT2D eigenvalue weighted by Gasteiger charge is 2.28. The van der Waals surface area contributed by atoms with Crippen LogP contribution in [-0.4, -0.2) is 54.0 Å². The Morgan fingerprint density at radius 2 is 1.81 bits per heavy atom. The molecule has 1 saturated heterocycles. The van der Waals surface area contributed by atoms with Crippen molar-refractivity contribution in [2.75, 3.05) is 20.2 Å². The zero-order valence-electron chi connectivity index (χ0n) is 16.0. The summed E-state index contributed by atoms with van der Waals surface area (Å²) in [6.45, 7) is 8.36. The van der Waals surface area contributed by atoms with Gasteiger partial charge in [0.05, 0.1) is 7.11 Å². The average molecular weight is 365 g/mol. The number of likely N-dealkylation sites (tertiary alicyclic amines) is 1. The van der Waals surface area contributed by atoms with Crippen molar-refractivity contribution in [3.63, 3.8) is 0 Å². The monoisotopic (exact) mass is 365 g/mol. The molecule has 144 valence electrons. The molecule has 0 spiro atoms. The molecule has 1 fully saturated rings. The predicted octanol–water partition coefficient (Wildman–Crippen LogP) is 3.48. The zero-order valence-corrected chi connectivity index (χ0v) is 16.0. The number of carbonyl (C=O) groups excluding carboxylic acids is 1. The summed E-state index contributed by atoms with van der Waals surface area (Å²) in [5.74, 6) is -0.185. The summed E-state index contributed by atoms with van der Waals surface area (Å²) in [5, 5.41) is 9.28. The van der Waals surface area contributed by atoms with Crippen LogP contribution in [0.15, 0.2) is 12.1 Å². The number of amides is 1. The van der Waals surface area contributed by atoms with Gasteiger partial charge in [-0.15, -0.1) is 0 Å². The third-order valence-corrected chi connectivity index (χ3v) is 4.10. The van der Waals surface area contributed by atoms with E-state index in [0.717, 1.165) is 0 Å². The average Bonchev–Trinajstić information content (AvgIpc) is 2.52. The van der Waals surface area contributed by atoms with Gasteiger partial charge in [-0.25, -0.2) is 9.59 Å². The molecule has 1 aromatic rings. The first kappa shape index (κ1) is 19.9. The first-order chi connectivity index (χ1) is 12.1. The molecule has 7 nitrogen and oxygen atoms in total. The van der Waals surface area contributed by atoms with E-state index in [0.29, 0.717) is 37.2 Å². The minimum atomic E-state index is -1.03. The van der Waals surface area contributed by atoms with Crippen molar-refractivity contribution in [3.8, 4) is 11.5 Å². The second kappa shape index (κ2) is 7.85. The summed E-state index contributed by atoms with van der Waals surface area (Å²) in [5.41, 5.74) is 0.211. The van der Waals surface area contributed by atoms with Crippen LogP contribution < -0.4 is 9.47 Å². The topological polar surface area (TPSA) is 85.3 Å². The Morgan fingerprint density at radius 1 is 1.19 bits per heavy atom. The third kappa shape index (κ3) is 5.03. The summed E-state index contributed by atoms with van der Waals surface area (Å²) >= 11 is 0. The number of rotatable bonds is 4. The molecule has 0 atom stereocenters. The fourth-order valence-electron chi connectivity index (χ4n) is 2.90. The number of benzene rings is 1. The molecule has 1 aliphatic rings. The van der Waals surface area contributed by atoms with E-state index in [4.69, 9.17) is 14.2 Å². The fourth-order valence-corrected chi connectivity index (χ4v) is 2.90. The molecule has 1 aliphatic heterocycles. The smallest absolute Gasteiger partial charge is 0.410 e. The molecule has 1 heterocycles. The quantitative estimate of drug-likeness (QED) is 0.879. The van der Waals surface area contributed by atoms with Gasteiger partial charge in [0.15, 0.2) is 0 Å². The third-order valence-electron chi connectivity index (χ3n) is 4.10. The molecule has 7 heteroatoms. The molecule has 1 aromatic carbocycles. The summed E-state index contributed by atoms with van der Waals surface area (Å²) in [7, 11) is 1.43. The molecule has 0 aromatic heterocycles. The number of hydrogen-bond donors (Lipinski definition) is 1. The van der Waals surface area contributed by atoms with E-state index in [1.54, 1.807) is 24.0 Å². The van der Waals surface area contributed by atoms with E-state index in [-0.39, 0.29) is 23.5 Å². The van der Waals surface area contributed by atoms with Gasteiger partial charge in [0.1, 0.15) is 28.8 Å². The van der Waals surface area contributed by atoms with E-state index in [1.807, 2.05) is 20.8 Å². The number of aryl methyl sites for hydroxylation is 1. The number of piperidine rings is 1. The van der Waals surface area contributed by atoms with Crippen LogP contribution in [0.25, 0.3) is 0 Å². The van der Waals surface area contributed by atoms with Crippen LogP contribution in [0.3, 0.4) is 0 Å². The molecule has 0 unspecified atom stereocenters. The molecular formula is C19H27NO6. The number of carboxylic acid groups (broad SMARTS) is 1. The number of methoxy groups -OCH3 is 1. The number of aromatic carboxylic acids is 1. The Balaban J connectivity index is 1.98. The number of carbonyl (C=O) groups is 2. The SMILES string of the molecule is COc1cc(OC2CCN(C(=O)OC(C)(C)C)CC2)cc(C)c1C(=O)O. The molecule has 1 N–H and O–H groups in total. The maximum Gasteiger partial charge on any atom is 0.410 e. The van der Waals surface area contributed by atoms with Gasteiger partial charge in [-0.05, 0) is 39.3 Å². The first-order valence-corrected chi connectivity index (χ1v) is 8.67. The van der Waals surface area contributed by atoms with Crippen molar-refractivity contribution in [2.45, 2.75) is 52.2 Å². The van der Waals surface area contributed by atoms with E-state index in [9.17, 15) is 14.7 Å². The first-order valence-electron chi connectivity index (χ1n) is 8.67. The van der Waals surface area contributed by atoms with Crippen LogP contribution in [0, 0.1) is 6.92 Å². The number of carboxylic acids is 1. The highest BCUT2D eigenvalue weighted by molar-refractivity contribution is 5.93. The van der Waals surface area contributed by atoms with E-state index >= 15 is 0 Å². The molecule has 0 aliphatic carbocycles. The Hall–Kier alpha value is -2.44. The van der Waals surface area contributed by atoms with E-state index in [2.05, 4.69) is 0 Å². The van der Waals surface area contributed by atoms with Gasteiger partial charge >= 0.3 is 12.1 Å². The van der Waals surface area contributed by atoms with Crippen molar-refractivity contribution in [1.29, 1.82) is 0 Å². The largest absolute Gasteiger partial charge is 0.496 e. The maximum absolute atomic E-state index is 12.1. The molecule has 2 rings (SSSR count). The summed E-state index contributed by atoms with van der Waals surface area (Å²) in [6, 6.07) is 3.29. The van der Waals surface area contributed by atoms with Crippen LogP contribution in [0.1, 0.15) is 49.5 Å². The summed E-state index contributed by atoms with van der Waals surface area (Å²) < 4.78 is 16.6. The lowest BCUT2D eigenvalue weighted by atomic mass is 10.1. The van der Waals surface area contributed by atoms with Crippen molar-refractivity contribution < 1.29 is 28.9 Å². The number of hydrogen-bond acceptors (Lipinski definition) is 5. The Labute approximate surface area is 153 Å². The molecule has 0 bridgehead atoms. The molecule has 1 amide bonds. The lowest BCUT2D eigenvalue weighted by molar-refractivity contribution is 0.0126. The fraction of sp³-hybridized carbons (Fsp3) is 0.579. The second-order valence-electron chi connectivity index (χ2n) is 7.41. The standard InChI is InChI=1S/C19H27NO6/c1-12-10-14(11-15(24-5)16(12)17(21)22)25-13-6-8-20(9-7-13)18(23)26-19(2,3)4/h10-11,13H,6-9H2,1-5H3,(H,21,22). The molecule has 26 heavy (non-hydrogen) atoms. The Morgan fingerprint density at radius 3 is 2.31 bits per heavy atom. The Bertz CT molecular complexity index is 671. The minimum Gasteiger partial charge on any atom is -0.496 e. The predicted molar refractivity (Wildman–Crippen MR) is 96.1 cm³/mol. The van der Waals surface area contributed by atoms with Crippen molar-refractivity contribution in [2.24, 2.45) is 0 Å². The number of ether oxygens (including phenoxy) is 3. The lowest BCUT2D eigenvalue weighted by Crippen LogP contribution is -2.44. The van der Waals surface area contributed by atoms with Crippen LogP contribution in [0.4, 0.5) is 4.79 Å². The highest BCUT2D eigenvalue weighted by Crippen LogP contribution is 2.30. The zero-order chi connectivity index (χ0) is 19.5. The number of nitrogens with zero attached hydrogens (tertiary/aromatic N) is 1. The van der Waals surface area contributed by atoms with Crippen LogP contribution in [0.5, 0.6) is 11.5 Å². The van der Waals surface area contributed by atoms with Crippen LogP contribution >= 0.6 is 0 Å². The van der Waals surface area contributed by atoms with E-state index < -0.39 is 11.6 Å². The van der Waals surface area contributed by atoms with Gasteiger partial charge < -0.3 is 24.2 Å². The molecule has 0 saturated carbocycles. The molecule has 0 radical (unpaired) electrons. The van der Waals surface area contributed by atoms with Gasteiger partial charge in [0, 0.05) is 32.0 Å². The van der Waals surface area contributed by atoms with Crippen LogP contribution in [0.2, 0.25) is 0 Å². The van der Waals surface area contributed by atoms with Crippen LogP contribution in [-0.2, 0) is 4.74 Å². The minimum absolute atomic E-state index is 0.0477. The van der Waals surface area contributed by atoms with Gasteiger partial charge in [-0.2, -0.15) is 0 Å². The van der Waals surface area contributed by atoms with Gasteiger partial charge in [-0.3, -0.25) is 0 Å². The van der Waals surface area contributed by atoms with Gasteiger partial charge in [0.25, 0.3) is 0 Å². The van der Waals surface area contributed by atoms with Crippen molar-refractivity contribution >= 4 is 12.1 Å². The maximum atomic E-state index is 12.1. The van der Waals surface area contributed by atoms with Gasteiger partial charge in [-0.1, -0.05) is 0 Å². The van der Waals surface area contributed by atoms with Crippen molar-refractivity contribution in [3.05, 3.63) is 23.3 Å². The Kier molecular flexibility index (Phi) is 6.00. The lowest BCUT2D eigenvalue weighted by Gasteiger charge is -2.33.